The molecule has 0 aliphatic carbocycles. The lowest BCUT2D eigenvalue weighted by molar-refractivity contribution is -0.00919. The number of methoxy groups -OCH3 is 2. The molecule has 2 aliphatic rings. The first kappa shape index (κ1) is 26.9. The lowest BCUT2D eigenvalue weighted by Crippen LogP contribution is -2.31. The monoisotopic (exact) mass is 513 g/mol. The van der Waals surface area contributed by atoms with Gasteiger partial charge in [0.25, 0.3) is 0 Å². The molecular weight excluding hydrogens is 478 g/mol. The molecule has 1 atom stereocenters. The van der Waals surface area contributed by atoms with Crippen LogP contribution in [-0.4, -0.2) is 72.2 Å². The van der Waals surface area contributed by atoms with Gasteiger partial charge in [-0.2, -0.15) is 0 Å². The maximum atomic E-state index is 13.6. The number of hydrogen-bond donors (Lipinski definition) is 1. The number of anilines is 1. The van der Waals surface area contributed by atoms with Crippen LogP contribution in [0.25, 0.3) is 6.08 Å². The fourth-order valence-electron chi connectivity index (χ4n) is 4.14. The minimum absolute atomic E-state index is 0.0395. The van der Waals surface area contributed by atoms with Gasteiger partial charge < -0.3 is 38.5 Å². The molecule has 0 saturated heterocycles. The van der Waals surface area contributed by atoms with E-state index in [0.29, 0.717) is 49.2 Å². The average molecular weight is 514 g/mol. The molecule has 2 aromatic rings. The third kappa shape index (κ3) is 6.81. The highest BCUT2D eigenvalue weighted by molar-refractivity contribution is 6.05. The molecule has 0 amide bonds. The van der Waals surface area contributed by atoms with Crippen molar-refractivity contribution in [1.29, 1.82) is 0 Å². The lowest BCUT2D eigenvalue weighted by Gasteiger charge is -2.31. The zero-order valence-corrected chi connectivity index (χ0v) is 21.8. The summed E-state index contributed by atoms with van der Waals surface area (Å²) in [4.78, 5) is 13.6. The van der Waals surface area contributed by atoms with Gasteiger partial charge in [-0.1, -0.05) is 12.2 Å². The Bertz CT molecular complexity index is 1110. The largest absolute Gasteiger partial charge is 0.492 e. The molecule has 0 bridgehead atoms. The Morgan fingerprint density at radius 2 is 1.70 bits per heavy atom. The summed E-state index contributed by atoms with van der Waals surface area (Å²) >= 11 is 0. The van der Waals surface area contributed by atoms with Crippen molar-refractivity contribution in [2.75, 3.05) is 66.2 Å². The van der Waals surface area contributed by atoms with Gasteiger partial charge in [0.2, 0.25) is 0 Å². The third-order valence-electron chi connectivity index (χ3n) is 6.10. The molecule has 200 valence electrons. The van der Waals surface area contributed by atoms with E-state index in [4.69, 9.17) is 33.2 Å². The van der Waals surface area contributed by atoms with Gasteiger partial charge in [0.1, 0.15) is 23.9 Å². The predicted octanol–water partition coefficient (Wildman–Crippen LogP) is 4.26. The van der Waals surface area contributed by atoms with E-state index in [1.165, 1.54) is 0 Å². The molecular formula is C28H35NO8. The molecule has 1 unspecified atom stereocenters. The summed E-state index contributed by atoms with van der Waals surface area (Å²) in [7, 11) is 3.23. The van der Waals surface area contributed by atoms with Crippen molar-refractivity contribution in [1.82, 2.24) is 0 Å². The average Bonchev–Trinajstić information content (AvgIpc) is 2.88. The van der Waals surface area contributed by atoms with Crippen molar-refractivity contribution in [2.45, 2.75) is 25.3 Å². The first-order valence-electron chi connectivity index (χ1n) is 12.3. The number of ketones is 1. The lowest BCUT2D eigenvalue weighted by atomic mass is 9.86. The highest BCUT2D eigenvalue weighted by Crippen LogP contribution is 2.41. The normalized spacial score (nSPS) is 17.4. The molecule has 1 N–H and O–H groups in total. The summed E-state index contributed by atoms with van der Waals surface area (Å²) in [5.41, 5.74) is 2.97. The molecule has 37 heavy (non-hydrogen) atoms. The number of carbonyl (C=O) groups is 1. The van der Waals surface area contributed by atoms with Crippen LogP contribution in [-0.2, 0) is 18.9 Å². The van der Waals surface area contributed by atoms with Crippen LogP contribution in [0, 0.1) is 0 Å². The van der Waals surface area contributed by atoms with E-state index in [9.17, 15) is 4.79 Å². The van der Waals surface area contributed by atoms with Gasteiger partial charge in [0.05, 0.1) is 43.4 Å². The number of Topliss-reactive ketones (excluding diaryl/α,β-unsaturated/α-hetero) is 1. The van der Waals surface area contributed by atoms with Gasteiger partial charge in [-0.15, -0.1) is 0 Å². The number of benzene rings is 2. The molecule has 0 fully saturated rings. The molecule has 2 aromatic carbocycles. The molecule has 2 aliphatic heterocycles. The zero-order chi connectivity index (χ0) is 26.3. The van der Waals surface area contributed by atoms with E-state index in [0.717, 1.165) is 16.8 Å². The van der Waals surface area contributed by atoms with Crippen LogP contribution in [0.1, 0.15) is 41.3 Å². The van der Waals surface area contributed by atoms with Crippen LogP contribution in [0.4, 0.5) is 5.69 Å². The Balaban J connectivity index is 1.53. The zero-order valence-electron chi connectivity index (χ0n) is 21.8. The van der Waals surface area contributed by atoms with Crippen molar-refractivity contribution in [3.05, 3.63) is 53.1 Å². The number of rotatable bonds is 13. The molecule has 0 aromatic heterocycles. The second kappa shape index (κ2) is 12.4. The van der Waals surface area contributed by atoms with Crippen molar-refractivity contribution >= 4 is 17.5 Å². The maximum absolute atomic E-state index is 13.6. The van der Waals surface area contributed by atoms with Crippen molar-refractivity contribution in [2.24, 2.45) is 0 Å². The Hall–Kier alpha value is -3.11. The van der Waals surface area contributed by atoms with Crippen LogP contribution in [0.5, 0.6) is 17.2 Å². The summed E-state index contributed by atoms with van der Waals surface area (Å²) < 4.78 is 38.5. The van der Waals surface area contributed by atoms with Crippen LogP contribution in [0.2, 0.25) is 0 Å². The maximum Gasteiger partial charge on any atom is 0.189 e. The molecule has 0 spiro atoms. The van der Waals surface area contributed by atoms with Gasteiger partial charge in [-0.05, 0) is 37.6 Å². The smallest absolute Gasteiger partial charge is 0.189 e. The number of fused-ring (bicyclic) bond motifs is 2. The first-order chi connectivity index (χ1) is 17.9. The predicted molar refractivity (Wildman–Crippen MR) is 139 cm³/mol. The Morgan fingerprint density at radius 3 is 2.43 bits per heavy atom. The van der Waals surface area contributed by atoms with E-state index < -0.39 is 5.92 Å². The van der Waals surface area contributed by atoms with Crippen LogP contribution in [0.15, 0.2) is 36.4 Å². The molecule has 2 heterocycles. The summed E-state index contributed by atoms with van der Waals surface area (Å²) in [5.74, 6) is 1.06. The van der Waals surface area contributed by atoms with Crippen LogP contribution in [0.3, 0.4) is 0 Å². The number of ether oxygens (including phenoxy) is 7. The standard InChI is InChI=1S/C28H35NO8/c1-28(2)8-7-19-13-22(26(15-24(19)29-28)37-18-34-12-10-32-4)23-16-35-25-14-20(5-6-21(25)27(23)30)36-17-33-11-9-31-3/h5-8,13-15,23,29H,9-12,16-18H2,1-4H3. The third-order valence-corrected chi connectivity index (χ3v) is 6.10. The van der Waals surface area contributed by atoms with E-state index in [1.54, 1.807) is 32.4 Å². The highest BCUT2D eigenvalue weighted by Gasteiger charge is 2.34. The SMILES string of the molecule is COCCOCOc1ccc2c(c1)OCC(c1cc3c(cc1OCOCCOC)NC(C)(C)C=C3)C2=O. The van der Waals surface area contributed by atoms with E-state index in [-0.39, 0.29) is 31.5 Å². The second-order valence-corrected chi connectivity index (χ2v) is 9.37. The number of hydrogen-bond acceptors (Lipinski definition) is 9. The van der Waals surface area contributed by atoms with Crippen molar-refractivity contribution in [3.63, 3.8) is 0 Å². The minimum atomic E-state index is -0.528. The van der Waals surface area contributed by atoms with Crippen LogP contribution < -0.4 is 19.5 Å². The van der Waals surface area contributed by atoms with Gasteiger partial charge in [-0.25, -0.2) is 0 Å². The molecule has 9 nitrogen and oxygen atoms in total. The van der Waals surface area contributed by atoms with Crippen molar-refractivity contribution in [3.8, 4) is 17.2 Å². The van der Waals surface area contributed by atoms with Crippen LogP contribution >= 0.6 is 0 Å². The topological polar surface area (TPSA) is 93.7 Å². The van der Waals surface area contributed by atoms with E-state index in [1.807, 2.05) is 12.1 Å². The fraction of sp³-hybridized carbons (Fsp3) is 0.464. The summed E-state index contributed by atoms with van der Waals surface area (Å²) in [5, 5.41) is 3.50. The Labute approximate surface area is 217 Å². The van der Waals surface area contributed by atoms with Gasteiger partial charge >= 0.3 is 0 Å². The molecule has 0 radical (unpaired) electrons. The summed E-state index contributed by atoms with van der Waals surface area (Å²) in [6.07, 6.45) is 4.16. The molecule has 4 rings (SSSR count). The fourth-order valence-corrected chi connectivity index (χ4v) is 4.14. The number of carbonyl (C=O) groups excluding carboxylic acids is 1. The first-order valence-corrected chi connectivity index (χ1v) is 12.3. The Morgan fingerprint density at radius 1 is 0.973 bits per heavy atom. The van der Waals surface area contributed by atoms with E-state index in [2.05, 4.69) is 31.3 Å². The molecule has 0 saturated carbocycles. The van der Waals surface area contributed by atoms with Gasteiger partial charge in [0, 0.05) is 37.6 Å². The summed E-state index contributed by atoms with van der Waals surface area (Å²) in [6.45, 7) is 6.29. The minimum Gasteiger partial charge on any atom is -0.492 e. The highest BCUT2D eigenvalue weighted by atomic mass is 16.7. The quantitative estimate of drug-likeness (QED) is 0.311. The number of nitrogens with one attached hydrogen (secondary N) is 1. The molecule has 9 heteroatoms. The second-order valence-electron chi connectivity index (χ2n) is 9.37. The van der Waals surface area contributed by atoms with Gasteiger partial charge in [-0.3, -0.25) is 4.79 Å². The Kier molecular flexibility index (Phi) is 9.04. The van der Waals surface area contributed by atoms with E-state index >= 15 is 0 Å². The summed E-state index contributed by atoms with van der Waals surface area (Å²) in [6, 6.07) is 9.10. The van der Waals surface area contributed by atoms with Gasteiger partial charge in [0.15, 0.2) is 19.4 Å². The van der Waals surface area contributed by atoms with Crippen molar-refractivity contribution < 1.29 is 38.0 Å².